The van der Waals surface area contributed by atoms with E-state index < -0.39 is 6.43 Å². The minimum Gasteiger partial charge on any atom is -0.496 e. The molecule has 0 fully saturated rings. The molecule has 0 N–H and O–H groups in total. The van der Waals surface area contributed by atoms with Gasteiger partial charge in [0.05, 0.1) is 7.11 Å². The van der Waals surface area contributed by atoms with Crippen LogP contribution >= 0.6 is 15.9 Å². The minimum absolute atomic E-state index is 0.480. The molecule has 0 aliphatic heterocycles. The smallest absolute Gasteiger partial charge is 0.235 e. The lowest BCUT2D eigenvalue weighted by atomic mass is 10.2. The van der Waals surface area contributed by atoms with E-state index in [0.717, 1.165) is 34.7 Å². The number of ether oxygens (including phenoxy) is 2. The number of benzene rings is 2. The van der Waals surface area contributed by atoms with Crippen LogP contribution in [0.1, 0.15) is 31.4 Å². The predicted molar refractivity (Wildman–Crippen MR) is 104 cm³/mol. The molecule has 6 heteroatoms. The molecule has 0 aliphatic rings. The highest BCUT2D eigenvalue weighted by molar-refractivity contribution is 9.10. The standard InChI is InChI=1S/C15H15BrO2.C3H6O.C2H4F2/c1-11-5-3-6-12(9-11)18-10-13-14(16)7-4-8-15(13)17-2;1-2-3-4;1-2(3)4/h3-9H,10H2,1-2H3;3H,2H2,1H3;2H,1H3. The molecule has 0 saturated heterocycles. The number of halogens is 3. The Morgan fingerprint density at radius 3 is 2.27 bits per heavy atom. The van der Waals surface area contributed by atoms with Crippen molar-refractivity contribution in [1.29, 1.82) is 0 Å². The molecule has 2 rings (SSSR count). The van der Waals surface area contributed by atoms with Gasteiger partial charge in [-0.3, -0.25) is 0 Å². The lowest BCUT2D eigenvalue weighted by Crippen LogP contribution is -1.99. The predicted octanol–water partition coefficient (Wildman–Crippen LogP) is 6.21. The molecule has 0 aromatic heterocycles. The summed E-state index contributed by atoms with van der Waals surface area (Å²) in [6.45, 7) is 5.17. The topological polar surface area (TPSA) is 35.5 Å². The van der Waals surface area contributed by atoms with E-state index >= 15 is 0 Å². The molecule has 0 heterocycles. The van der Waals surface area contributed by atoms with Gasteiger partial charge in [-0.15, -0.1) is 0 Å². The number of aryl methyl sites for hydroxylation is 1. The first kappa shape index (κ1) is 24.1. The van der Waals surface area contributed by atoms with Crippen molar-refractivity contribution in [3.63, 3.8) is 0 Å². The Balaban J connectivity index is 0.000000662. The Morgan fingerprint density at radius 1 is 1.19 bits per heavy atom. The molecular weight excluding hydrogens is 406 g/mol. The van der Waals surface area contributed by atoms with Crippen molar-refractivity contribution in [1.82, 2.24) is 0 Å². The van der Waals surface area contributed by atoms with Gasteiger partial charge in [-0.1, -0.05) is 41.1 Å². The largest absolute Gasteiger partial charge is 0.496 e. The zero-order valence-corrected chi connectivity index (χ0v) is 17.1. The maximum Gasteiger partial charge on any atom is 0.235 e. The van der Waals surface area contributed by atoms with Gasteiger partial charge < -0.3 is 14.3 Å². The first-order valence-corrected chi connectivity index (χ1v) is 8.87. The van der Waals surface area contributed by atoms with Crippen LogP contribution in [0.3, 0.4) is 0 Å². The molecule has 0 atom stereocenters. The fraction of sp³-hybridized carbons (Fsp3) is 0.350. The fourth-order valence-electron chi connectivity index (χ4n) is 1.73. The third-order valence-corrected chi connectivity index (χ3v) is 3.58. The van der Waals surface area contributed by atoms with Crippen molar-refractivity contribution in [2.75, 3.05) is 7.11 Å². The number of hydrogen-bond donors (Lipinski definition) is 0. The molecule has 144 valence electrons. The lowest BCUT2D eigenvalue weighted by molar-refractivity contribution is -0.107. The Labute approximate surface area is 162 Å². The van der Waals surface area contributed by atoms with Crippen LogP contribution in [0.4, 0.5) is 8.78 Å². The number of carbonyl (C=O) groups excluding carboxylic acids is 1. The second-order valence-corrected chi connectivity index (χ2v) is 5.97. The Bertz CT molecular complexity index is 646. The number of carbonyl (C=O) groups is 1. The van der Waals surface area contributed by atoms with Gasteiger partial charge in [-0.25, -0.2) is 8.78 Å². The maximum atomic E-state index is 10.3. The normalized spacial score (nSPS) is 9.38. The third-order valence-electron chi connectivity index (χ3n) is 2.84. The zero-order valence-electron chi connectivity index (χ0n) is 15.5. The van der Waals surface area contributed by atoms with E-state index in [9.17, 15) is 13.6 Å². The van der Waals surface area contributed by atoms with Gasteiger partial charge >= 0.3 is 0 Å². The van der Waals surface area contributed by atoms with Crippen molar-refractivity contribution >= 4 is 22.2 Å². The molecule has 26 heavy (non-hydrogen) atoms. The van der Waals surface area contributed by atoms with E-state index in [-0.39, 0.29) is 0 Å². The number of alkyl halides is 2. The second kappa shape index (κ2) is 14.2. The SMILES string of the molecule is CC(F)F.CCC=O.COc1cccc(Br)c1COc1cccc(C)c1. The number of methoxy groups -OCH3 is 1. The van der Waals surface area contributed by atoms with Crippen molar-refractivity contribution in [2.24, 2.45) is 0 Å². The van der Waals surface area contributed by atoms with Crippen LogP contribution < -0.4 is 9.47 Å². The first-order valence-electron chi connectivity index (χ1n) is 8.08. The molecular formula is C20H25BrF2O3. The van der Waals surface area contributed by atoms with Gasteiger partial charge in [0.15, 0.2) is 0 Å². The summed E-state index contributed by atoms with van der Waals surface area (Å²) < 4.78 is 32.8. The average Bonchev–Trinajstić information content (AvgIpc) is 2.60. The molecule has 3 nitrogen and oxygen atoms in total. The first-order chi connectivity index (χ1) is 12.3. The molecule has 2 aromatic rings. The lowest BCUT2D eigenvalue weighted by Gasteiger charge is -2.12. The van der Waals surface area contributed by atoms with Crippen LogP contribution in [0.5, 0.6) is 11.5 Å². The summed E-state index contributed by atoms with van der Waals surface area (Å²) in [5.41, 5.74) is 2.20. The van der Waals surface area contributed by atoms with E-state index in [1.54, 1.807) is 7.11 Å². The monoisotopic (exact) mass is 430 g/mol. The van der Waals surface area contributed by atoms with Crippen molar-refractivity contribution in [3.8, 4) is 11.5 Å². The van der Waals surface area contributed by atoms with Crippen LogP contribution in [-0.2, 0) is 11.4 Å². The van der Waals surface area contributed by atoms with Gasteiger partial charge in [0, 0.05) is 16.5 Å². The van der Waals surface area contributed by atoms with Gasteiger partial charge in [0.25, 0.3) is 0 Å². The summed E-state index contributed by atoms with van der Waals surface area (Å²) >= 11 is 3.52. The van der Waals surface area contributed by atoms with Gasteiger partial charge in [0.1, 0.15) is 24.4 Å². The highest BCUT2D eigenvalue weighted by Crippen LogP contribution is 2.28. The van der Waals surface area contributed by atoms with Gasteiger partial charge in [-0.05, 0) is 43.7 Å². The molecule has 0 bridgehead atoms. The van der Waals surface area contributed by atoms with E-state index in [1.807, 2.05) is 56.3 Å². The molecule has 0 unspecified atom stereocenters. The van der Waals surface area contributed by atoms with Crippen LogP contribution in [0.2, 0.25) is 0 Å². The van der Waals surface area contributed by atoms with Gasteiger partial charge in [-0.2, -0.15) is 0 Å². The molecule has 0 amide bonds. The van der Waals surface area contributed by atoms with Crippen LogP contribution in [0, 0.1) is 6.92 Å². The van der Waals surface area contributed by atoms with E-state index in [1.165, 1.54) is 5.56 Å². The number of hydrogen-bond acceptors (Lipinski definition) is 3. The Kier molecular flexibility index (Phi) is 13.2. The van der Waals surface area contributed by atoms with Crippen LogP contribution in [0.25, 0.3) is 0 Å². The summed E-state index contributed by atoms with van der Waals surface area (Å²) in [5.74, 6) is 1.70. The van der Waals surface area contributed by atoms with E-state index in [0.29, 0.717) is 13.0 Å². The van der Waals surface area contributed by atoms with Crippen LogP contribution in [0.15, 0.2) is 46.9 Å². The summed E-state index contributed by atoms with van der Waals surface area (Å²) in [4.78, 5) is 9.17. The Hall–Kier alpha value is -1.95. The fourth-order valence-corrected chi connectivity index (χ4v) is 2.19. The molecule has 0 saturated carbocycles. The number of rotatable bonds is 5. The molecule has 2 aromatic carbocycles. The minimum atomic E-state index is -2.17. The quantitative estimate of drug-likeness (QED) is 0.528. The summed E-state index contributed by atoms with van der Waals surface area (Å²) in [6, 6.07) is 13.9. The summed E-state index contributed by atoms with van der Waals surface area (Å²) in [7, 11) is 1.66. The number of aldehydes is 1. The Morgan fingerprint density at radius 2 is 1.77 bits per heavy atom. The second-order valence-electron chi connectivity index (χ2n) is 5.12. The third kappa shape index (κ3) is 10.8. The van der Waals surface area contributed by atoms with Gasteiger partial charge in [0.2, 0.25) is 6.43 Å². The molecule has 0 spiro atoms. The summed E-state index contributed by atoms with van der Waals surface area (Å²) in [6.07, 6.45) is -0.653. The zero-order chi connectivity index (χ0) is 19.9. The highest BCUT2D eigenvalue weighted by atomic mass is 79.9. The maximum absolute atomic E-state index is 10.3. The van der Waals surface area contributed by atoms with Crippen molar-refractivity contribution in [3.05, 3.63) is 58.1 Å². The van der Waals surface area contributed by atoms with Crippen molar-refractivity contribution < 1.29 is 23.0 Å². The highest BCUT2D eigenvalue weighted by Gasteiger charge is 2.07. The van der Waals surface area contributed by atoms with E-state index in [2.05, 4.69) is 15.9 Å². The average molecular weight is 431 g/mol. The molecule has 0 radical (unpaired) electrons. The van der Waals surface area contributed by atoms with Crippen LogP contribution in [-0.4, -0.2) is 19.8 Å². The van der Waals surface area contributed by atoms with Crippen molar-refractivity contribution in [2.45, 2.75) is 40.2 Å². The molecule has 0 aliphatic carbocycles. The summed E-state index contributed by atoms with van der Waals surface area (Å²) in [5, 5.41) is 0. The van der Waals surface area contributed by atoms with E-state index in [4.69, 9.17) is 9.47 Å².